The van der Waals surface area contributed by atoms with Gasteiger partial charge in [-0.1, -0.05) is 26.2 Å². The van der Waals surface area contributed by atoms with Crippen molar-refractivity contribution in [3.8, 4) is 0 Å². The van der Waals surface area contributed by atoms with E-state index in [1.165, 1.54) is 32.1 Å². The maximum absolute atomic E-state index is 11.2. The van der Waals surface area contributed by atoms with E-state index >= 15 is 0 Å². The summed E-state index contributed by atoms with van der Waals surface area (Å²) >= 11 is 0. The van der Waals surface area contributed by atoms with Gasteiger partial charge in [0.25, 0.3) is 0 Å². The zero-order valence-corrected chi connectivity index (χ0v) is 10.1. The summed E-state index contributed by atoms with van der Waals surface area (Å²) in [6.07, 6.45) is 9.96. The van der Waals surface area contributed by atoms with E-state index in [9.17, 15) is 4.79 Å². The van der Waals surface area contributed by atoms with Gasteiger partial charge in [-0.2, -0.15) is 5.10 Å². The second-order valence-corrected chi connectivity index (χ2v) is 4.79. The monoisotopic (exact) mass is 220 g/mol. The van der Waals surface area contributed by atoms with E-state index in [-0.39, 0.29) is 5.78 Å². The largest absolute Gasteiger partial charge is 0.294 e. The van der Waals surface area contributed by atoms with Crippen LogP contribution in [0.2, 0.25) is 0 Å². The van der Waals surface area contributed by atoms with Gasteiger partial charge < -0.3 is 0 Å². The minimum Gasteiger partial charge on any atom is -0.294 e. The average Bonchev–Trinajstić information content (AvgIpc) is 2.78. The number of ketones is 1. The van der Waals surface area contributed by atoms with Crippen molar-refractivity contribution in [2.45, 2.75) is 52.0 Å². The molecule has 1 aromatic rings. The molecule has 0 N–H and O–H groups in total. The normalized spacial score (nSPS) is 25.6. The van der Waals surface area contributed by atoms with Gasteiger partial charge in [-0.15, -0.1) is 0 Å². The van der Waals surface area contributed by atoms with Gasteiger partial charge in [0.15, 0.2) is 5.78 Å². The fraction of sp³-hybridized carbons (Fsp3) is 0.692. The number of aromatic nitrogens is 2. The number of hydrogen-bond donors (Lipinski definition) is 0. The highest BCUT2D eigenvalue weighted by molar-refractivity contribution is 5.93. The van der Waals surface area contributed by atoms with E-state index in [1.54, 1.807) is 13.1 Å². The first kappa shape index (κ1) is 11.4. The van der Waals surface area contributed by atoms with Crippen LogP contribution in [0, 0.1) is 5.92 Å². The zero-order chi connectivity index (χ0) is 11.5. The van der Waals surface area contributed by atoms with Gasteiger partial charge in [0.05, 0.1) is 17.8 Å². The molecule has 2 unspecified atom stereocenters. The fourth-order valence-corrected chi connectivity index (χ4v) is 2.71. The van der Waals surface area contributed by atoms with Crippen LogP contribution in [0.25, 0.3) is 0 Å². The second-order valence-electron chi connectivity index (χ2n) is 4.79. The Balaban J connectivity index is 2.17. The Morgan fingerprint density at radius 3 is 2.88 bits per heavy atom. The number of hydrogen-bond acceptors (Lipinski definition) is 2. The summed E-state index contributed by atoms with van der Waals surface area (Å²) < 4.78 is 2.02. The molecule has 0 radical (unpaired) electrons. The Kier molecular flexibility index (Phi) is 3.42. The molecule has 3 nitrogen and oxygen atoms in total. The van der Waals surface area contributed by atoms with Crippen LogP contribution < -0.4 is 0 Å². The molecule has 2 atom stereocenters. The topological polar surface area (TPSA) is 34.9 Å². The van der Waals surface area contributed by atoms with Crippen molar-refractivity contribution >= 4 is 5.78 Å². The van der Waals surface area contributed by atoms with Crippen molar-refractivity contribution in [1.29, 1.82) is 0 Å². The molecule has 0 spiro atoms. The first-order valence-electron chi connectivity index (χ1n) is 6.27. The molecule has 0 aliphatic heterocycles. The lowest BCUT2D eigenvalue weighted by Gasteiger charge is -2.30. The van der Waals surface area contributed by atoms with Gasteiger partial charge in [-0.3, -0.25) is 9.48 Å². The Hall–Kier alpha value is -1.12. The third kappa shape index (κ3) is 2.18. The lowest BCUT2D eigenvalue weighted by atomic mass is 9.83. The summed E-state index contributed by atoms with van der Waals surface area (Å²) in [5.74, 6) is 0.837. The predicted octanol–water partition coefficient (Wildman–Crippen LogP) is 3.23. The predicted molar refractivity (Wildman–Crippen MR) is 63.5 cm³/mol. The van der Waals surface area contributed by atoms with Crippen LogP contribution in [0.3, 0.4) is 0 Å². The lowest BCUT2D eigenvalue weighted by molar-refractivity contribution is 0.101. The molecule has 2 rings (SSSR count). The maximum Gasteiger partial charge on any atom is 0.162 e. The Labute approximate surface area is 96.8 Å². The zero-order valence-electron chi connectivity index (χ0n) is 10.1. The van der Waals surface area contributed by atoms with Gasteiger partial charge in [-0.25, -0.2) is 0 Å². The first-order chi connectivity index (χ1) is 7.72. The van der Waals surface area contributed by atoms with E-state index in [2.05, 4.69) is 12.0 Å². The summed E-state index contributed by atoms with van der Waals surface area (Å²) in [6.45, 7) is 3.85. The van der Waals surface area contributed by atoms with Crippen molar-refractivity contribution in [1.82, 2.24) is 9.78 Å². The quantitative estimate of drug-likeness (QED) is 0.733. The second kappa shape index (κ2) is 4.81. The number of carbonyl (C=O) groups excluding carboxylic acids is 1. The molecule has 16 heavy (non-hydrogen) atoms. The Bertz CT molecular complexity index is 370. The minimum absolute atomic E-state index is 0.107. The van der Waals surface area contributed by atoms with Crippen LogP contribution in [0.15, 0.2) is 12.4 Å². The van der Waals surface area contributed by atoms with Crippen molar-refractivity contribution in [3.63, 3.8) is 0 Å². The summed E-state index contributed by atoms with van der Waals surface area (Å²) in [5, 5.41) is 4.36. The lowest BCUT2D eigenvalue weighted by Crippen LogP contribution is -2.23. The van der Waals surface area contributed by atoms with E-state index in [1.807, 2.05) is 10.9 Å². The van der Waals surface area contributed by atoms with Crippen LogP contribution >= 0.6 is 0 Å². The molecule has 0 amide bonds. The van der Waals surface area contributed by atoms with Gasteiger partial charge in [0.2, 0.25) is 0 Å². The highest BCUT2D eigenvalue weighted by Gasteiger charge is 2.25. The maximum atomic E-state index is 11.2. The van der Waals surface area contributed by atoms with Gasteiger partial charge in [0.1, 0.15) is 0 Å². The molecule has 88 valence electrons. The number of rotatable bonds is 3. The molecule has 1 saturated carbocycles. The Morgan fingerprint density at radius 2 is 2.25 bits per heavy atom. The molecule has 0 aromatic carbocycles. The highest BCUT2D eigenvalue weighted by atomic mass is 16.1. The molecule has 1 heterocycles. The summed E-state index contributed by atoms with van der Waals surface area (Å²) in [4.78, 5) is 11.2. The summed E-state index contributed by atoms with van der Waals surface area (Å²) in [5.41, 5.74) is 0.737. The van der Waals surface area contributed by atoms with E-state index in [0.717, 1.165) is 11.5 Å². The van der Waals surface area contributed by atoms with Crippen LogP contribution in [0.5, 0.6) is 0 Å². The molecular weight excluding hydrogens is 200 g/mol. The first-order valence-corrected chi connectivity index (χ1v) is 6.27. The SMILES string of the molecule is CCC1CCCCC1n1cc(C(C)=O)cn1. The third-order valence-electron chi connectivity index (χ3n) is 3.74. The fourth-order valence-electron chi connectivity index (χ4n) is 2.71. The number of nitrogens with zero attached hydrogens (tertiary/aromatic N) is 2. The Morgan fingerprint density at radius 1 is 1.50 bits per heavy atom. The third-order valence-corrected chi connectivity index (χ3v) is 3.74. The molecule has 1 aliphatic carbocycles. The number of Topliss-reactive ketones (excluding diaryl/α,β-unsaturated/α-hetero) is 1. The average molecular weight is 220 g/mol. The van der Waals surface area contributed by atoms with Gasteiger partial charge in [-0.05, 0) is 25.7 Å². The van der Waals surface area contributed by atoms with Gasteiger partial charge >= 0.3 is 0 Å². The van der Waals surface area contributed by atoms with Crippen LogP contribution in [0.4, 0.5) is 0 Å². The molecule has 1 fully saturated rings. The molecule has 1 aliphatic rings. The van der Waals surface area contributed by atoms with Crippen molar-refractivity contribution in [2.75, 3.05) is 0 Å². The molecular formula is C13H20N2O. The van der Waals surface area contributed by atoms with E-state index in [0.29, 0.717) is 6.04 Å². The highest BCUT2D eigenvalue weighted by Crippen LogP contribution is 2.35. The molecule has 0 saturated heterocycles. The van der Waals surface area contributed by atoms with Crippen molar-refractivity contribution in [3.05, 3.63) is 18.0 Å². The van der Waals surface area contributed by atoms with Crippen LogP contribution in [0.1, 0.15) is 62.4 Å². The van der Waals surface area contributed by atoms with Gasteiger partial charge in [0, 0.05) is 6.20 Å². The molecule has 1 aromatic heterocycles. The minimum atomic E-state index is 0.107. The molecule has 3 heteroatoms. The smallest absolute Gasteiger partial charge is 0.162 e. The standard InChI is InChI=1S/C13H20N2O/c1-3-11-6-4-5-7-13(11)15-9-12(8-14-15)10(2)16/h8-9,11,13H,3-7H2,1-2H3. The van der Waals surface area contributed by atoms with Crippen LogP contribution in [-0.4, -0.2) is 15.6 Å². The van der Waals surface area contributed by atoms with E-state index < -0.39 is 0 Å². The van der Waals surface area contributed by atoms with Crippen molar-refractivity contribution in [2.24, 2.45) is 5.92 Å². The summed E-state index contributed by atoms with van der Waals surface area (Å²) in [7, 11) is 0. The van der Waals surface area contributed by atoms with Crippen molar-refractivity contribution < 1.29 is 4.79 Å². The molecule has 0 bridgehead atoms. The summed E-state index contributed by atoms with van der Waals surface area (Å²) in [6, 6.07) is 0.506. The van der Waals surface area contributed by atoms with E-state index in [4.69, 9.17) is 0 Å². The van der Waals surface area contributed by atoms with Crippen LogP contribution in [-0.2, 0) is 0 Å². The number of carbonyl (C=O) groups is 1.